The molecule has 3 N–H and O–H groups in total. The highest BCUT2D eigenvalue weighted by molar-refractivity contribution is 5.94. The first-order chi connectivity index (χ1) is 9.58. The third-order valence-electron chi connectivity index (χ3n) is 3.64. The standard InChI is InChI=1S/C15H23N3O2/c1-11(16)15(19)17-14-5-3-4-13(10-14)12(2)18-6-8-20-9-7-18/h3-5,10-12H,6-9,16H2,1-2H3,(H,17,19)/t11-,12?/m1/s1. The molecule has 0 spiro atoms. The highest BCUT2D eigenvalue weighted by Crippen LogP contribution is 2.23. The lowest BCUT2D eigenvalue weighted by Gasteiger charge is -2.32. The van der Waals surface area contributed by atoms with Crippen molar-refractivity contribution >= 4 is 11.6 Å². The summed E-state index contributed by atoms with van der Waals surface area (Å²) in [6.45, 7) is 7.30. The third kappa shape index (κ3) is 3.79. The molecule has 5 nitrogen and oxygen atoms in total. The van der Waals surface area contributed by atoms with Crippen LogP contribution in [0.1, 0.15) is 25.5 Å². The fourth-order valence-corrected chi connectivity index (χ4v) is 2.31. The lowest BCUT2D eigenvalue weighted by atomic mass is 10.1. The molecule has 1 heterocycles. The van der Waals surface area contributed by atoms with E-state index < -0.39 is 6.04 Å². The van der Waals surface area contributed by atoms with Crippen LogP contribution in [0.25, 0.3) is 0 Å². The number of hydrogen-bond donors (Lipinski definition) is 2. The first-order valence-corrected chi connectivity index (χ1v) is 7.06. The van der Waals surface area contributed by atoms with Gasteiger partial charge in [0.2, 0.25) is 5.91 Å². The molecule has 0 aliphatic carbocycles. The largest absolute Gasteiger partial charge is 0.379 e. The van der Waals surface area contributed by atoms with Crippen LogP contribution in [0.3, 0.4) is 0 Å². The number of ether oxygens (including phenoxy) is 1. The predicted molar refractivity (Wildman–Crippen MR) is 79.5 cm³/mol. The summed E-state index contributed by atoms with van der Waals surface area (Å²) in [5.74, 6) is -0.166. The highest BCUT2D eigenvalue weighted by atomic mass is 16.5. The quantitative estimate of drug-likeness (QED) is 0.872. The maximum atomic E-state index is 11.6. The normalized spacial score (nSPS) is 19.4. The van der Waals surface area contributed by atoms with Gasteiger partial charge in [0.25, 0.3) is 0 Å². The Balaban J connectivity index is 2.06. The molecule has 5 heteroatoms. The van der Waals surface area contributed by atoms with Crippen molar-refractivity contribution in [1.82, 2.24) is 4.90 Å². The van der Waals surface area contributed by atoms with Crippen molar-refractivity contribution in [2.45, 2.75) is 25.9 Å². The van der Waals surface area contributed by atoms with Crippen molar-refractivity contribution < 1.29 is 9.53 Å². The van der Waals surface area contributed by atoms with Crippen LogP contribution in [-0.2, 0) is 9.53 Å². The number of anilines is 1. The molecule has 1 saturated heterocycles. The lowest BCUT2D eigenvalue weighted by Crippen LogP contribution is -2.38. The first-order valence-electron chi connectivity index (χ1n) is 7.06. The van der Waals surface area contributed by atoms with E-state index in [0.717, 1.165) is 32.0 Å². The van der Waals surface area contributed by atoms with Gasteiger partial charge in [-0.25, -0.2) is 0 Å². The first kappa shape index (κ1) is 15.0. The minimum absolute atomic E-state index is 0.166. The fraction of sp³-hybridized carbons (Fsp3) is 0.533. The Morgan fingerprint density at radius 2 is 2.05 bits per heavy atom. The van der Waals surface area contributed by atoms with Crippen LogP contribution < -0.4 is 11.1 Å². The number of rotatable bonds is 4. The van der Waals surface area contributed by atoms with E-state index in [2.05, 4.69) is 23.2 Å². The summed E-state index contributed by atoms with van der Waals surface area (Å²) >= 11 is 0. The molecule has 20 heavy (non-hydrogen) atoms. The smallest absolute Gasteiger partial charge is 0.240 e. The van der Waals surface area contributed by atoms with E-state index in [-0.39, 0.29) is 5.91 Å². The van der Waals surface area contributed by atoms with Crippen LogP contribution >= 0.6 is 0 Å². The van der Waals surface area contributed by atoms with Gasteiger partial charge in [0.05, 0.1) is 19.3 Å². The van der Waals surface area contributed by atoms with Crippen molar-refractivity contribution in [2.75, 3.05) is 31.6 Å². The van der Waals surface area contributed by atoms with Crippen molar-refractivity contribution in [1.29, 1.82) is 0 Å². The molecule has 0 bridgehead atoms. The van der Waals surface area contributed by atoms with Gasteiger partial charge in [-0.05, 0) is 31.5 Å². The number of nitrogens with zero attached hydrogens (tertiary/aromatic N) is 1. The zero-order valence-corrected chi connectivity index (χ0v) is 12.1. The van der Waals surface area contributed by atoms with E-state index >= 15 is 0 Å². The van der Waals surface area contributed by atoms with Crippen LogP contribution in [0.15, 0.2) is 24.3 Å². The number of hydrogen-bond acceptors (Lipinski definition) is 4. The second-order valence-electron chi connectivity index (χ2n) is 5.23. The number of benzene rings is 1. The number of nitrogens with one attached hydrogen (secondary N) is 1. The number of amides is 1. The number of carbonyl (C=O) groups is 1. The molecular formula is C15H23N3O2. The molecule has 2 atom stereocenters. The molecule has 0 saturated carbocycles. The molecule has 1 aromatic rings. The predicted octanol–water partition coefficient (Wildman–Crippen LogP) is 1.37. The second kappa shape index (κ2) is 6.83. The minimum atomic E-state index is -0.504. The van der Waals surface area contributed by atoms with Crippen molar-refractivity contribution in [3.63, 3.8) is 0 Å². The Morgan fingerprint density at radius 1 is 1.35 bits per heavy atom. The molecule has 1 aromatic carbocycles. The van der Waals surface area contributed by atoms with E-state index in [9.17, 15) is 4.79 Å². The number of carbonyl (C=O) groups excluding carboxylic acids is 1. The highest BCUT2D eigenvalue weighted by Gasteiger charge is 2.18. The molecule has 1 aliphatic heterocycles. The van der Waals surface area contributed by atoms with E-state index in [1.54, 1.807) is 6.92 Å². The summed E-state index contributed by atoms with van der Waals surface area (Å²) in [5, 5.41) is 2.83. The molecule has 0 radical (unpaired) electrons. The Labute approximate surface area is 120 Å². The van der Waals surface area contributed by atoms with E-state index in [1.807, 2.05) is 18.2 Å². The summed E-state index contributed by atoms with van der Waals surface area (Å²) in [4.78, 5) is 14.0. The number of nitrogens with two attached hydrogens (primary N) is 1. The Bertz CT molecular complexity index is 456. The topological polar surface area (TPSA) is 67.6 Å². The molecule has 2 rings (SSSR count). The fourth-order valence-electron chi connectivity index (χ4n) is 2.31. The van der Waals surface area contributed by atoms with Crippen LogP contribution in [-0.4, -0.2) is 43.2 Å². The van der Waals surface area contributed by atoms with Gasteiger partial charge in [0.1, 0.15) is 0 Å². The summed E-state index contributed by atoms with van der Waals surface area (Å²) in [6.07, 6.45) is 0. The van der Waals surface area contributed by atoms with Gasteiger partial charge in [0, 0.05) is 24.8 Å². The van der Waals surface area contributed by atoms with Gasteiger partial charge in [0.15, 0.2) is 0 Å². The molecule has 110 valence electrons. The Hall–Kier alpha value is -1.43. The summed E-state index contributed by atoms with van der Waals surface area (Å²) in [6, 6.07) is 7.75. The van der Waals surface area contributed by atoms with Crippen LogP contribution in [0.5, 0.6) is 0 Å². The summed E-state index contributed by atoms with van der Waals surface area (Å²) in [5.41, 5.74) is 7.55. The summed E-state index contributed by atoms with van der Waals surface area (Å²) < 4.78 is 5.38. The van der Waals surface area contributed by atoms with E-state index in [4.69, 9.17) is 10.5 Å². The maximum Gasteiger partial charge on any atom is 0.240 e. The number of morpholine rings is 1. The molecule has 1 unspecified atom stereocenters. The molecule has 0 aromatic heterocycles. The average molecular weight is 277 g/mol. The molecule has 1 amide bonds. The monoisotopic (exact) mass is 277 g/mol. The second-order valence-corrected chi connectivity index (χ2v) is 5.23. The van der Waals surface area contributed by atoms with Crippen LogP contribution in [0.2, 0.25) is 0 Å². The van der Waals surface area contributed by atoms with Gasteiger partial charge in [-0.15, -0.1) is 0 Å². The van der Waals surface area contributed by atoms with E-state index in [1.165, 1.54) is 5.56 Å². The van der Waals surface area contributed by atoms with Crippen molar-refractivity contribution in [3.8, 4) is 0 Å². The van der Waals surface area contributed by atoms with Gasteiger partial charge in [-0.1, -0.05) is 12.1 Å². The Morgan fingerprint density at radius 3 is 2.70 bits per heavy atom. The maximum absolute atomic E-state index is 11.6. The average Bonchev–Trinajstić information content (AvgIpc) is 2.47. The van der Waals surface area contributed by atoms with Gasteiger partial charge in [-0.3, -0.25) is 9.69 Å². The third-order valence-corrected chi connectivity index (χ3v) is 3.64. The van der Waals surface area contributed by atoms with Crippen molar-refractivity contribution in [3.05, 3.63) is 29.8 Å². The zero-order valence-electron chi connectivity index (χ0n) is 12.1. The summed E-state index contributed by atoms with van der Waals surface area (Å²) in [7, 11) is 0. The SMILES string of the molecule is CC(c1cccc(NC(=O)[C@@H](C)N)c1)N1CCOCC1. The van der Waals surface area contributed by atoms with Crippen LogP contribution in [0.4, 0.5) is 5.69 Å². The minimum Gasteiger partial charge on any atom is -0.379 e. The van der Waals surface area contributed by atoms with Gasteiger partial charge < -0.3 is 15.8 Å². The van der Waals surface area contributed by atoms with E-state index in [0.29, 0.717) is 6.04 Å². The van der Waals surface area contributed by atoms with Crippen molar-refractivity contribution in [2.24, 2.45) is 5.73 Å². The van der Waals surface area contributed by atoms with Gasteiger partial charge >= 0.3 is 0 Å². The molecule has 1 fully saturated rings. The lowest BCUT2D eigenvalue weighted by molar-refractivity contribution is -0.117. The van der Waals surface area contributed by atoms with Gasteiger partial charge in [-0.2, -0.15) is 0 Å². The Kier molecular flexibility index (Phi) is 5.11. The molecule has 1 aliphatic rings. The zero-order chi connectivity index (χ0) is 14.5. The van der Waals surface area contributed by atoms with Crippen LogP contribution in [0, 0.1) is 0 Å². The molecular weight excluding hydrogens is 254 g/mol.